The molecule has 2 aromatic rings. The van der Waals surface area contributed by atoms with E-state index in [-0.39, 0.29) is 23.3 Å². The van der Waals surface area contributed by atoms with Gasteiger partial charge in [0.2, 0.25) is 0 Å². The fourth-order valence-corrected chi connectivity index (χ4v) is 2.14. The first-order valence-electron chi connectivity index (χ1n) is 6.09. The van der Waals surface area contributed by atoms with Gasteiger partial charge < -0.3 is 5.11 Å². The first kappa shape index (κ1) is 14.3. The Morgan fingerprint density at radius 1 is 1.10 bits per heavy atom. The minimum Gasteiger partial charge on any atom is -0.478 e. The first-order valence-corrected chi connectivity index (χ1v) is 6.47. The molecule has 0 saturated heterocycles. The highest BCUT2D eigenvalue weighted by atomic mass is 35.5. The predicted octanol–water partition coefficient (Wildman–Crippen LogP) is 3.77. The minimum absolute atomic E-state index is 0.0238. The van der Waals surface area contributed by atoms with Gasteiger partial charge in [-0.3, -0.25) is 4.79 Å². The van der Waals surface area contributed by atoms with Crippen LogP contribution in [-0.4, -0.2) is 16.9 Å². The fraction of sp³-hybridized carbons (Fsp3) is 0.125. The average molecular weight is 289 g/mol. The van der Waals surface area contributed by atoms with Crippen molar-refractivity contribution in [1.82, 2.24) is 0 Å². The number of Topliss-reactive ketones (excluding diaryl/α,β-unsaturated/α-hetero) is 1. The lowest BCUT2D eigenvalue weighted by Crippen LogP contribution is -2.10. The Labute approximate surface area is 121 Å². The topological polar surface area (TPSA) is 54.4 Å². The molecule has 0 bridgehead atoms. The van der Waals surface area contributed by atoms with Gasteiger partial charge in [-0.05, 0) is 30.2 Å². The van der Waals surface area contributed by atoms with Crippen LogP contribution in [0.15, 0.2) is 42.5 Å². The van der Waals surface area contributed by atoms with Crippen molar-refractivity contribution in [3.05, 3.63) is 69.7 Å². The van der Waals surface area contributed by atoms with Crippen LogP contribution in [-0.2, 0) is 6.42 Å². The number of halogens is 1. The Kier molecular flexibility index (Phi) is 4.20. The van der Waals surface area contributed by atoms with Gasteiger partial charge in [0.05, 0.1) is 5.56 Å². The van der Waals surface area contributed by atoms with Crippen molar-refractivity contribution in [3.8, 4) is 0 Å². The molecule has 102 valence electrons. The molecule has 1 N–H and O–H groups in total. The maximum absolute atomic E-state index is 12.2. The van der Waals surface area contributed by atoms with E-state index in [4.69, 9.17) is 16.7 Å². The van der Waals surface area contributed by atoms with Crippen LogP contribution in [0, 0.1) is 6.92 Å². The normalized spacial score (nSPS) is 10.3. The molecule has 2 rings (SSSR count). The maximum atomic E-state index is 12.2. The number of aromatic carboxylic acids is 1. The lowest BCUT2D eigenvalue weighted by atomic mass is 9.98. The molecule has 0 fully saturated rings. The third-order valence-electron chi connectivity index (χ3n) is 3.06. The lowest BCUT2D eigenvalue weighted by molar-refractivity contribution is 0.0692. The number of aryl methyl sites for hydroxylation is 1. The molecule has 0 amide bonds. The molecule has 0 aromatic heterocycles. The number of rotatable bonds is 4. The van der Waals surface area contributed by atoms with E-state index in [2.05, 4.69) is 0 Å². The summed E-state index contributed by atoms with van der Waals surface area (Å²) in [7, 11) is 0. The van der Waals surface area contributed by atoms with E-state index in [9.17, 15) is 9.59 Å². The fourth-order valence-electron chi connectivity index (χ4n) is 1.94. The van der Waals surface area contributed by atoms with Gasteiger partial charge in [0.1, 0.15) is 0 Å². The number of carbonyl (C=O) groups excluding carboxylic acids is 1. The van der Waals surface area contributed by atoms with Gasteiger partial charge in [-0.1, -0.05) is 41.9 Å². The summed E-state index contributed by atoms with van der Waals surface area (Å²) in [5.41, 5.74) is 1.95. The third-order valence-corrected chi connectivity index (χ3v) is 3.47. The highest BCUT2D eigenvalue weighted by Crippen LogP contribution is 2.19. The summed E-state index contributed by atoms with van der Waals surface area (Å²) in [5, 5.41) is 9.69. The first-order chi connectivity index (χ1) is 9.49. The molecule has 0 aliphatic heterocycles. The van der Waals surface area contributed by atoms with Crippen molar-refractivity contribution in [2.24, 2.45) is 0 Å². The zero-order chi connectivity index (χ0) is 14.7. The highest BCUT2D eigenvalue weighted by molar-refractivity contribution is 6.31. The largest absolute Gasteiger partial charge is 0.478 e. The maximum Gasteiger partial charge on any atom is 0.336 e. The van der Waals surface area contributed by atoms with Crippen LogP contribution in [0.2, 0.25) is 5.02 Å². The van der Waals surface area contributed by atoms with Gasteiger partial charge in [0.25, 0.3) is 0 Å². The van der Waals surface area contributed by atoms with Gasteiger partial charge in [-0.25, -0.2) is 4.79 Å². The Morgan fingerprint density at radius 2 is 1.75 bits per heavy atom. The lowest BCUT2D eigenvalue weighted by Gasteiger charge is -2.06. The Morgan fingerprint density at radius 3 is 2.35 bits per heavy atom. The smallest absolute Gasteiger partial charge is 0.336 e. The SMILES string of the molecule is Cc1ccc(CC(=O)c2ccccc2C(=O)O)cc1Cl. The summed E-state index contributed by atoms with van der Waals surface area (Å²) < 4.78 is 0. The van der Waals surface area contributed by atoms with Crippen molar-refractivity contribution in [2.75, 3.05) is 0 Å². The second-order valence-corrected chi connectivity index (χ2v) is 4.94. The molecule has 2 aromatic carbocycles. The van der Waals surface area contributed by atoms with Crippen molar-refractivity contribution in [1.29, 1.82) is 0 Å². The molecule has 0 saturated carbocycles. The molecule has 0 aliphatic carbocycles. The summed E-state index contributed by atoms with van der Waals surface area (Å²) in [6.45, 7) is 1.88. The van der Waals surface area contributed by atoms with Crippen LogP contribution in [0.5, 0.6) is 0 Å². The molecule has 0 heterocycles. The zero-order valence-electron chi connectivity index (χ0n) is 10.9. The van der Waals surface area contributed by atoms with Crippen LogP contribution in [0.4, 0.5) is 0 Å². The number of hydrogen-bond acceptors (Lipinski definition) is 2. The van der Waals surface area contributed by atoms with Crippen LogP contribution in [0.25, 0.3) is 0 Å². The summed E-state index contributed by atoms with van der Waals surface area (Å²) in [6, 6.07) is 11.6. The number of carboxylic acid groups (broad SMARTS) is 1. The van der Waals surface area contributed by atoms with Gasteiger partial charge in [0, 0.05) is 17.0 Å². The number of hydrogen-bond donors (Lipinski definition) is 1. The van der Waals surface area contributed by atoms with E-state index in [1.54, 1.807) is 18.2 Å². The zero-order valence-corrected chi connectivity index (χ0v) is 11.6. The van der Waals surface area contributed by atoms with Gasteiger partial charge in [0.15, 0.2) is 5.78 Å². The predicted molar refractivity (Wildman–Crippen MR) is 77.6 cm³/mol. The van der Waals surface area contributed by atoms with Crippen LogP contribution < -0.4 is 0 Å². The molecular formula is C16H13ClO3. The third kappa shape index (κ3) is 3.06. The quantitative estimate of drug-likeness (QED) is 0.871. The van der Waals surface area contributed by atoms with Gasteiger partial charge in [-0.2, -0.15) is 0 Å². The monoisotopic (exact) mass is 288 g/mol. The van der Waals surface area contributed by atoms with E-state index in [1.165, 1.54) is 12.1 Å². The van der Waals surface area contributed by atoms with E-state index in [0.717, 1.165) is 11.1 Å². The van der Waals surface area contributed by atoms with Crippen molar-refractivity contribution >= 4 is 23.4 Å². The molecule has 20 heavy (non-hydrogen) atoms. The Bertz CT molecular complexity index is 677. The van der Waals surface area contributed by atoms with E-state index in [1.807, 2.05) is 19.1 Å². The minimum atomic E-state index is -1.10. The van der Waals surface area contributed by atoms with Crippen molar-refractivity contribution in [2.45, 2.75) is 13.3 Å². The van der Waals surface area contributed by atoms with E-state index in [0.29, 0.717) is 5.02 Å². The second-order valence-electron chi connectivity index (χ2n) is 4.53. The number of benzene rings is 2. The molecule has 4 heteroatoms. The van der Waals surface area contributed by atoms with Crippen LogP contribution in [0.3, 0.4) is 0 Å². The highest BCUT2D eigenvalue weighted by Gasteiger charge is 2.16. The molecule has 0 aliphatic rings. The van der Waals surface area contributed by atoms with Crippen LogP contribution in [0.1, 0.15) is 31.8 Å². The standard InChI is InChI=1S/C16H13ClO3/c1-10-6-7-11(8-14(10)17)9-15(18)12-4-2-3-5-13(12)16(19)20/h2-8H,9H2,1H3,(H,19,20). The number of carbonyl (C=O) groups is 2. The average Bonchev–Trinajstić information content (AvgIpc) is 2.43. The van der Waals surface area contributed by atoms with Crippen molar-refractivity contribution in [3.63, 3.8) is 0 Å². The summed E-state index contributed by atoms with van der Waals surface area (Å²) in [4.78, 5) is 23.3. The molecular weight excluding hydrogens is 276 g/mol. The number of carboxylic acids is 1. The molecule has 0 atom stereocenters. The number of ketones is 1. The second kappa shape index (κ2) is 5.88. The van der Waals surface area contributed by atoms with Crippen molar-refractivity contribution < 1.29 is 14.7 Å². The molecule has 0 radical (unpaired) electrons. The van der Waals surface area contributed by atoms with Gasteiger partial charge in [-0.15, -0.1) is 0 Å². The van der Waals surface area contributed by atoms with Crippen LogP contribution >= 0.6 is 11.6 Å². The molecule has 0 unspecified atom stereocenters. The summed E-state index contributed by atoms with van der Waals surface area (Å²) >= 11 is 6.02. The molecule has 0 spiro atoms. The van der Waals surface area contributed by atoms with E-state index >= 15 is 0 Å². The molecule has 3 nitrogen and oxygen atoms in total. The van der Waals surface area contributed by atoms with E-state index < -0.39 is 5.97 Å². The Balaban J connectivity index is 2.28. The summed E-state index contributed by atoms with van der Waals surface area (Å²) in [6.07, 6.45) is 0.129. The Hall–Kier alpha value is -2.13. The van der Waals surface area contributed by atoms with Gasteiger partial charge >= 0.3 is 5.97 Å². The summed E-state index contributed by atoms with van der Waals surface area (Å²) in [5.74, 6) is -1.33.